The minimum absolute atomic E-state index is 0.00550. The number of rotatable bonds is 3. The van der Waals surface area contributed by atoms with Crippen LogP contribution in [0.5, 0.6) is 0 Å². The number of hydrogen-bond donors (Lipinski definition) is 1. The van der Waals surface area contributed by atoms with Crippen molar-refractivity contribution in [1.82, 2.24) is 4.90 Å². The minimum atomic E-state index is -1.17. The third-order valence-electron chi connectivity index (χ3n) is 2.45. The van der Waals surface area contributed by atoms with Gasteiger partial charge in [0.25, 0.3) is 0 Å². The zero-order valence-corrected chi connectivity index (χ0v) is 8.80. The van der Waals surface area contributed by atoms with E-state index in [-0.39, 0.29) is 18.9 Å². The number of amides is 1. The van der Waals surface area contributed by atoms with Crippen LogP contribution in [0.3, 0.4) is 0 Å². The van der Waals surface area contributed by atoms with E-state index in [0.717, 1.165) is 5.56 Å². The highest BCUT2D eigenvalue weighted by atomic mass is 19.1. The van der Waals surface area contributed by atoms with Gasteiger partial charge < -0.3 is 9.84 Å². The molecule has 1 aliphatic heterocycles. The molecule has 0 radical (unpaired) electrons. The lowest BCUT2D eigenvalue weighted by Gasteiger charge is -2.12. The van der Waals surface area contributed by atoms with Crippen LogP contribution in [0.2, 0.25) is 0 Å². The Bertz CT molecular complexity index is 445. The first-order valence-electron chi connectivity index (χ1n) is 4.99. The molecule has 6 heteroatoms. The zero-order valence-electron chi connectivity index (χ0n) is 8.80. The third-order valence-corrected chi connectivity index (χ3v) is 2.45. The molecule has 5 nitrogen and oxygen atoms in total. The fourth-order valence-corrected chi connectivity index (χ4v) is 1.58. The molecule has 1 N–H and O–H groups in total. The van der Waals surface area contributed by atoms with E-state index in [1.54, 1.807) is 0 Å². The zero-order chi connectivity index (χ0) is 12.4. The summed E-state index contributed by atoms with van der Waals surface area (Å²) in [5.74, 6) is -1.53. The maximum Gasteiger partial charge on any atom is 0.411 e. The quantitative estimate of drug-likeness (QED) is 0.861. The van der Waals surface area contributed by atoms with Gasteiger partial charge in [0.05, 0.1) is 6.54 Å². The number of benzene rings is 1. The average molecular weight is 239 g/mol. The summed E-state index contributed by atoms with van der Waals surface area (Å²) < 4.78 is 17.3. The fourth-order valence-electron chi connectivity index (χ4n) is 1.58. The van der Waals surface area contributed by atoms with E-state index in [1.807, 2.05) is 0 Å². The highest BCUT2D eigenvalue weighted by Crippen LogP contribution is 2.15. The number of carbonyl (C=O) groups is 2. The van der Waals surface area contributed by atoms with Crippen molar-refractivity contribution in [3.63, 3.8) is 0 Å². The summed E-state index contributed by atoms with van der Waals surface area (Å²) in [6.45, 7) is 0.217. The van der Waals surface area contributed by atoms with Gasteiger partial charge in [-0.3, -0.25) is 4.90 Å². The molecule has 0 bridgehead atoms. The van der Waals surface area contributed by atoms with Gasteiger partial charge in [-0.25, -0.2) is 14.0 Å². The van der Waals surface area contributed by atoms with Crippen molar-refractivity contribution < 1.29 is 23.8 Å². The minimum Gasteiger partial charge on any atom is -0.478 e. The van der Waals surface area contributed by atoms with Gasteiger partial charge in [0.2, 0.25) is 6.10 Å². The van der Waals surface area contributed by atoms with Crippen molar-refractivity contribution in [1.29, 1.82) is 0 Å². The van der Waals surface area contributed by atoms with Crippen molar-refractivity contribution in [2.75, 3.05) is 6.54 Å². The smallest absolute Gasteiger partial charge is 0.411 e. The molecule has 1 saturated heterocycles. The third kappa shape index (κ3) is 2.52. The summed E-state index contributed by atoms with van der Waals surface area (Å²) in [7, 11) is 0. The maximum absolute atomic E-state index is 12.7. The predicted molar refractivity (Wildman–Crippen MR) is 54.7 cm³/mol. The molecule has 1 aromatic rings. The Morgan fingerprint density at radius 1 is 1.47 bits per heavy atom. The Kier molecular flexibility index (Phi) is 2.95. The number of cyclic esters (lactones) is 1. The van der Waals surface area contributed by atoms with Gasteiger partial charge in [-0.05, 0) is 17.7 Å². The van der Waals surface area contributed by atoms with Crippen LogP contribution in [0, 0.1) is 5.82 Å². The van der Waals surface area contributed by atoms with Crippen LogP contribution < -0.4 is 0 Å². The molecule has 17 heavy (non-hydrogen) atoms. The monoisotopic (exact) mass is 239 g/mol. The molecule has 1 heterocycles. The number of carbonyl (C=O) groups excluding carboxylic acids is 1. The van der Waals surface area contributed by atoms with Gasteiger partial charge in [-0.15, -0.1) is 0 Å². The summed E-state index contributed by atoms with van der Waals surface area (Å²) in [4.78, 5) is 23.2. The van der Waals surface area contributed by atoms with E-state index >= 15 is 0 Å². The molecule has 0 aliphatic carbocycles. The topological polar surface area (TPSA) is 66.8 Å². The second-order valence-electron chi connectivity index (χ2n) is 3.72. The second kappa shape index (κ2) is 4.40. The van der Waals surface area contributed by atoms with Gasteiger partial charge in [0.1, 0.15) is 5.82 Å². The normalized spacial score (nSPS) is 19.2. The van der Waals surface area contributed by atoms with E-state index in [9.17, 15) is 14.0 Å². The molecule has 90 valence electrons. The summed E-state index contributed by atoms with van der Waals surface area (Å²) in [6, 6.07) is 5.64. The summed E-state index contributed by atoms with van der Waals surface area (Å²) in [5.41, 5.74) is 0.717. The van der Waals surface area contributed by atoms with Crippen molar-refractivity contribution >= 4 is 12.1 Å². The van der Waals surface area contributed by atoms with E-state index < -0.39 is 18.2 Å². The van der Waals surface area contributed by atoms with Crippen molar-refractivity contribution in [3.05, 3.63) is 35.6 Å². The first kappa shape index (κ1) is 11.4. The molecule has 1 unspecified atom stereocenters. The van der Waals surface area contributed by atoms with E-state index in [0.29, 0.717) is 0 Å². The molecular formula is C11H10FNO4. The number of hydrogen-bond acceptors (Lipinski definition) is 3. The van der Waals surface area contributed by atoms with Gasteiger partial charge in [0, 0.05) is 6.54 Å². The van der Waals surface area contributed by atoms with E-state index in [4.69, 9.17) is 5.11 Å². The molecule has 1 aliphatic rings. The lowest BCUT2D eigenvalue weighted by atomic mass is 10.2. The van der Waals surface area contributed by atoms with Crippen LogP contribution in [0.4, 0.5) is 9.18 Å². The fraction of sp³-hybridized carbons (Fsp3) is 0.273. The Labute approximate surface area is 96.4 Å². The Balaban J connectivity index is 2.02. The largest absolute Gasteiger partial charge is 0.478 e. The maximum atomic E-state index is 12.7. The van der Waals surface area contributed by atoms with Gasteiger partial charge >= 0.3 is 12.1 Å². The van der Waals surface area contributed by atoms with Crippen LogP contribution in [-0.2, 0) is 16.1 Å². The van der Waals surface area contributed by atoms with Crippen LogP contribution in [0.15, 0.2) is 24.3 Å². The number of carboxylic acids is 1. The highest BCUT2D eigenvalue weighted by molar-refractivity contribution is 5.81. The second-order valence-corrected chi connectivity index (χ2v) is 3.72. The molecule has 2 rings (SSSR count). The van der Waals surface area contributed by atoms with Crippen molar-refractivity contribution in [3.8, 4) is 0 Å². The molecule has 0 saturated carbocycles. The first-order valence-corrected chi connectivity index (χ1v) is 4.99. The predicted octanol–water partition coefficient (Wildman–Crippen LogP) is 1.23. The van der Waals surface area contributed by atoms with Crippen LogP contribution >= 0.6 is 0 Å². The summed E-state index contributed by atoms with van der Waals surface area (Å²) >= 11 is 0. The number of halogens is 1. The van der Waals surface area contributed by atoms with Crippen molar-refractivity contribution in [2.24, 2.45) is 0 Å². The van der Waals surface area contributed by atoms with Gasteiger partial charge in [-0.1, -0.05) is 12.1 Å². The molecule has 0 aromatic heterocycles. The van der Waals surface area contributed by atoms with E-state index in [2.05, 4.69) is 4.74 Å². The Hall–Kier alpha value is -2.11. The van der Waals surface area contributed by atoms with Crippen LogP contribution in [0.25, 0.3) is 0 Å². The van der Waals surface area contributed by atoms with E-state index in [1.165, 1.54) is 29.2 Å². The molecule has 1 amide bonds. The number of carboxylic acid groups (broad SMARTS) is 1. The molecule has 1 aromatic carbocycles. The van der Waals surface area contributed by atoms with Gasteiger partial charge in [0.15, 0.2) is 0 Å². The number of aliphatic carboxylic acids is 1. The van der Waals surface area contributed by atoms with Crippen LogP contribution in [0.1, 0.15) is 5.56 Å². The molecule has 1 atom stereocenters. The number of ether oxygens (including phenoxy) is 1. The summed E-state index contributed by atoms with van der Waals surface area (Å²) in [5, 5.41) is 8.70. The average Bonchev–Trinajstić information content (AvgIpc) is 2.64. The highest BCUT2D eigenvalue weighted by Gasteiger charge is 2.35. The Morgan fingerprint density at radius 2 is 2.12 bits per heavy atom. The summed E-state index contributed by atoms with van der Waals surface area (Å²) in [6.07, 6.45) is -1.79. The number of nitrogens with zero attached hydrogens (tertiary/aromatic N) is 1. The SMILES string of the molecule is O=C(O)C1CN(Cc2ccc(F)cc2)C(=O)O1. The van der Waals surface area contributed by atoms with Gasteiger partial charge in [-0.2, -0.15) is 0 Å². The van der Waals surface area contributed by atoms with Crippen LogP contribution in [-0.4, -0.2) is 34.7 Å². The standard InChI is InChI=1S/C11H10FNO4/c12-8-3-1-7(2-4-8)5-13-6-9(10(14)15)17-11(13)16/h1-4,9H,5-6H2,(H,14,15). The lowest BCUT2D eigenvalue weighted by Crippen LogP contribution is -2.27. The Morgan fingerprint density at radius 3 is 2.65 bits per heavy atom. The first-order chi connectivity index (χ1) is 8.06. The molecule has 0 spiro atoms. The van der Waals surface area contributed by atoms with Crippen molar-refractivity contribution in [2.45, 2.75) is 12.6 Å². The molecule has 1 fully saturated rings. The molecular weight excluding hydrogens is 229 g/mol. The lowest BCUT2D eigenvalue weighted by molar-refractivity contribution is -0.144.